The normalized spacial score (nSPS) is 30.4. The standard InChI is InChI=1S/C20H29N5O5/c1-13-6-10-20(11-7-13)16(28)25(18(30)22-20)23-14(26)5-4-12-24-15(27)19(21-17(24)29)8-2-3-9-19/h13H,2-12H2,1H3,(H,21,29)(H,22,30)(H,23,26). The SMILES string of the molecule is CC1CCC2(CC1)NC(=O)N(NC(=O)CCCN1C(=O)NC3(CCCC3)C1=O)C2=O. The lowest BCUT2D eigenvalue weighted by molar-refractivity contribution is -0.140. The van der Waals surface area contributed by atoms with Gasteiger partial charge in [0.2, 0.25) is 5.91 Å². The molecule has 0 radical (unpaired) electrons. The molecule has 0 aromatic rings. The van der Waals surface area contributed by atoms with Crippen molar-refractivity contribution in [3.05, 3.63) is 0 Å². The number of amides is 7. The summed E-state index contributed by atoms with van der Waals surface area (Å²) in [5.41, 5.74) is 0.718. The third-order valence-corrected chi connectivity index (χ3v) is 7.01. The number of hydrogen-bond acceptors (Lipinski definition) is 5. The summed E-state index contributed by atoms with van der Waals surface area (Å²) >= 11 is 0. The van der Waals surface area contributed by atoms with Gasteiger partial charge in [0, 0.05) is 13.0 Å². The molecular weight excluding hydrogens is 390 g/mol. The minimum Gasteiger partial charge on any atom is -0.323 e. The lowest BCUT2D eigenvalue weighted by Crippen LogP contribution is -2.51. The molecule has 2 heterocycles. The number of nitrogens with one attached hydrogen (secondary N) is 3. The van der Waals surface area contributed by atoms with Gasteiger partial charge in [0.05, 0.1) is 0 Å². The molecule has 4 fully saturated rings. The fourth-order valence-electron chi connectivity index (χ4n) is 5.09. The van der Waals surface area contributed by atoms with Crippen molar-refractivity contribution in [2.24, 2.45) is 5.92 Å². The molecule has 2 aliphatic carbocycles. The van der Waals surface area contributed by atoms with Crippen molar-refractivity contribution >= 4 is 29.8 Å². The summed E-state index contributed by atoms with van der Waals surface area (Å²) in [6.07, 6.45) is 6.21. The lowest BCUT2D eigenvalue weighted by atomic mass is 9.77. The zero-order valence-corrected chi connectivity index (χ0v) is 17.3. The van der Waals surface area contributed by atoms with Crippen molar-refractivity contribution in [1.82, 2.24) is 26.0 Å². The summed E-state index contributed by atoms with van der Waals surface area (Å²) < 4.78 is 0. The summed E-state index contributed by atoms with van der Waals surface area (Å²) in [6, 6.07) is -1.02. The molecule has 0 bridgehead atoms. The largest absolute Gasteiger partial charge is 0.344 e. The van der Waals surface area contributed by atoms with Gasteiger partial charge in [-0.2, -0.15) is 5.01 Å². The highest BCUT2D eigenvalue weighted by molar-refractivity contribution is 6.08. The topological polar surface area (TPSA) is 128 Å². The van der Waals surface area contributed by atoms with Crippen LogP contribution in [0.15, 0.2) is 0 Å². The summed E-state index contributed by atoms with van der Waals surface area (Å²) in [6.45, 7) is 2.25. The van der Waals surface area contributed by atoms with Gasteiger partial charge in [-0.3, -0.25) is 24.7 Å². The number of carbonyl (C=O) groups excluding carboxylic acids is 5. The molecule has 3 N–H and O–H groups in total. The highest BCUT2D eigenvalue weighted by Gasteiger charge is 2.53. The van der Waals surface area contributed by atoms with E-state index in [2.05, 4.69) is 23.0 Å². The fraction of sp³-hybridized carbons (Fsp3) is 0.750. The van der Waals surface area contributed by atoms with Crippen LogP contribution in [-0.2, 0) is 14.4 Å². The van der Waals surface area contributed by atoms with Crippen LogP contribution in [0, 0.1) is 5.92 Å². The van der Waals surface area contributed by atoms with Gasteiger partial charge in [-0.15, -0.1) is 0 Å². The predicted molar refractivity (Wildman–Crippen MR) is 105 cm³/mol. The maximum atomic E-state index is 12.8. The third kappa shape index (κ3) is 3.41. The first-order valence-corrected chi connectivity index (χ1v) is 10.9. The Morgan fingerprint density at radius 3 is 2.23 bits per heavy atom. The minimum absolute atomic E-state index is 0.00878. The molecule has 0 aromatic heterocycles. The van der Waals surface area contributed by atoms with Gasteiger partial charge >= 0.3 is 12.1 Å². The van der Waals surface area contributed by atoms with Crippen LogP contribution in [0.4, 0.5) is 9.59 Å². The van der Waals surface area contributed by atoms with Gasteiger partial charge < -0.3 is 10.6 Å². The van der Waals surface area contributed by atoms with E-state index >= 15 is 0 Å². The van der Waals surface area contributed by atoms with Gasteiger partial charge in [-0.25, -0.2) is 9.59 Å². The molecule has 30 heavy (non-hydrogen) atoms. The van der Waals surface area contributed by atoms with Crippen LogP contribution >= 0.6 is 0 Å². The molecule has 2 saturated carbocycles. The van der Waals surface area contributed by atoms with E-state index in [4.69, 9.17) is 0 Å². The Hall–Kier alpha value is -2.65. The molecule has 10 heteroatoms. The summed E-state index contributed by atoms with van der Waals surface area (Å²) in [5, 5.41) is 6.33. The minimum atomic E-state index is -0.910. The monoisotopic (exact) mass is 419 g/mol. The van der Waals surface area contributed by atoms with Gasteiger partial charge in [-0.05, 0) is 50.9 Å². The maximum Gasteiger partial charge on any atom is 0.344 e. The molecule has 2 saturated heterocycles. The van der Waals surface area contributed by atoms with E-state index in [0.29, 0.717) is 31.6 Å². The van der Waals surface area contributed by atoms with E-state index in [9.17, 15) is 24.0 Å². The Morgan fingerprint density at radius 2 is 1.57 bits per heavy atom. The molecule has 0 atom stereocenters. The first-order valence-electron chi connectivity index (χ1n) is 10.9. The Balaban J connectivity index is 1.27. The number of carbonyl (C=O) groups is 5. The smallest absolute Gasteiger partial charge is 0.323 e. The average molecular weight is 419 g/mol. The Bertz CT molecular complexity index is 782. The maximum absolute atomic E-state index is 12.8. The van der Waals surface area contributed by atoms with Gasteiger partial charge in [-0.1, -0.05) is 19.8 Å². The molecule has 164 valence electrons. The number of urea groups is 2. The van der Waals surface area contributed by atoms with Crippen LogP contribution in [0.2, 0.25) is 0 Å². The molecule has 0 unspecified atom stereocenters. The average Bonchev–Trinajstić information content (AvgIpc) is 3.33. The molecule has 10 nitrogen and oxygen atoms in total. The van der Waals surface area contributed by atoms with E-state index in [1.54, 1.807) is 0 Å². The van der Waals surface area contributed by atoms with Crippen molar-refractivity contribution < 1.29 is 24.0 Å². The van der Waals surface area contributed by atoms with Crippen LogP contribution < -0.4 is 16.1 Å². The highest BCUT2D eigenvalue weighted by atomic mass is 16.2. The zero-order valence-electron chi connectivity index (χ0n) is 17.3. The van der Waals surface area contributed by atoms with Crippen molar-refractivity contribution in [3.63, 3.8) is 0 Å². The Labute approximate surface area is 175 Å². The molecular formula is C20H29N5O5. The number of hydrogen-bond donors (Lipinski definition) is 3. The third-order valence-electron chi connectivity index (χ3n) is 7.01. The summed E-state index contributed by atoms with van der Waals surface area (Å²) in [7, 11) is 0. The van der Waals surface area contributed by atoms with Crippen LogP contribution in [0.1, 0.15) is 71.1 Å². The van der Waals surface area contributed by atoms with Crippen LogP contribution in [0.25, 0.3) is 0 Å². The summed E-state index contributed by atoms with van der Waals surface area (Å²) in [4.78, 5) is 63.3. The number of nitrogens with zero attached hydrogens (tertiary/aromatic N) is 2. The first-order chi connectivity index (χ1) is 14.3. The lowest BCUT2D eigenvalue weighted by Gasteiger charge is -2.33. The van der Waals surface area contributed by atoms with E-state index in [1.165, 1.54) is 4.90 Å². The second-order valence-corrected chi connectivity index (χ2v) is 9.15. The van der Waals surface area contributed by atoms with E-state index in [0.717, 1.165) is 30.7 Å². The van der Waals surface area contributed by atoms with Crippen LogP contribution in [0.5, 0.6) is 0 Å². The molecule has 2 spiro atoms. The van der Waals surface area contributed by atoms with Crippen molar-refractivity contribution in [2.45, 2.75) is 82.2 Å². The number of hydrazine groups is 1. The number of rotatable bonds is 5. The zero-order chi connectivity index (χ0) is 21.5. The Kier molecular flexibility index (Phi) is 5.19. The predicted octanol–water partition coefficient (Wildman–Crippen LogP) is 1.16. The number of imide groups is 2. The highest BCUT2D eigenvalue weighted by Crippen LogP contribution is 2.36. The van der Waals surface area contributed by atoms with Crippen molar-refractivity contribution in [2.75, 3.05) is 6.54 Å². The van der Waals surface area contributed by atoms with Crippen molar-refractivity contribution in [1.29, 1.82) is 0 Å². The van der Waals surface area contributed by atoms with Crippen molar-refractivity contribution in [3.8, 4) is 0 Å². The van der Waals surface area contributed by atoms with Crippen LogP contribution in [-0.4, -0.2) is 57.3 Å². The second kappa shape index (κ2) is 7.55. The molecule has 0 aromatic carbocycles. The van der Waals surface area contributed by atoms with Crippen LogP contribution in [0.3, 0.4) is 0 Å². The van der Waals surface area contributed by atoms with Gasteiger partial charge in [0.1, 0.15) is 11.1 Å². The molecule has 4 rings (SSSR count). The van der Waals surface area contributed by atoms with Gasteiger partial charge in [0.25, 0.3) is 11.8 Å². The first kappa shape index (κ1) is 20.6. The molecule has 7 amide bonds. The summed E-state index contributed by atoms with van der Waals surface area (Å²) in [5.74, 6) is -0.613. The Morgan fingerprint density at radius 1 is 0.967 bits per heavy atom. The molecule has 2 aliphatic heterocycles. The second-order valence-electron chi connectivity index (χ2n) is 9.15. The van der Waals surface area contributed by atoms with Gasteiger partial charge in [0.15, 0.2) is 0 Å². The fourth-order valence-corrected chi connectivity index (χ4v) is 5.09. The molecule has 4 aliphatic rings. The van der Waals surface area contributed by atoms with E-state index in [-0.39, 0.29) is 25.3 Å². The quantitative estimate of drug-likeness (QED) is 0.576. The van der Waals surface area contributed by atoms with E-state index in [1.807, 2.05) is 0 Å². The van der Waals surface area contributed by atoms with E-state index < -0.39 is 35.0 Å².